The number of aromatic nitrogens is 2. The molecule has 2 aromatic rings. The zero-order valence-electron chi connectivity index (χ0n) is 13.0. The van der Waals surface area contributed by atoms with Gasteiger partial charge < -0.3 is 10.0 Å². The third-order valence-corrected chi connectivity index (χ3v) is 4.67. The van der Waals surface area contributed by atoms with Crippen molar-refractivity contribution in [3.63, 3.8) is 0 Å². The SMILES string of the molecule is Oc1cccc(CC[C@H]2CCCCN2CCc2cn[nH]c2)c1. The Hall–Kier alpha value is -1.81. The van der Waals surface area contributed by atoms with E-state index in [-0.39, 0.29) is 0 Å². The van der Waals surface area contributed by atoms with Gasteiger partial charge in [-0.05, 0) is 61.9 Å². The highest BCUT2D eigenvalue weighted by atomic mass is 16.3. The molecular weight excluding hydrogens is 274 g/mol. The molecule has 1 aromatic heterocycles. The molecule has 2 N–H and O–H groups in total. The first-order valence-corrected chi connectivity index (χ1v) is 8.31. The van der Waals surface area contributed by atoms with Gasteiger partial charge in [-0.15, -0.1) is 0 Å². The van der Waals surface area contributed by atoms with E-state index in [1.165, 1.54) is 43.4 Å². The van der Waals surface area contributed by atoms with Crippen molar-refractivity contribution in [3.05, 3.63) is 47.8 Å². The molecule has 118 valence electrons. The molecule has 1 saturated heterocycles. The second-order valence-electron chi connectivity index (χ2n) is 6.25. The Morgan fingerprint density at radius 3 is 3.00 bits per heavy atom. The zero-order valence-corrected chi connectivity index (χ0v) is 13.0. The molecule has 2 heterocycles. The number of H-pyrrole nitrogens is 1. The van der Waals surface area contributed by atoms with Crippen LogP contribution in [0.1, 0.15) is 36.8 Å². The van der Waals surface area contributed by atoms with Crippen molar-refractivity contribution in [3.8, 4) is 5.75 Å². The first kappa shape index (κ1) is 15.1. The fourth-order valence-electron chi connectivity index (χ4n) is 3.41. The van der Waals surface area contributed by atoms with E-state index >= 15 is 0 Å². The number of nitrogens with zero attached hydrogens (tertiary/aromatic N) is 2. The number of rotatable bonds is 6. The molecule has 1 fully saturated rings. The topological polar surface area (TPSA) is 52.1 Å². The molecule has 1 atom stereocenters. The molecule has 0 amide bonds. The van der Waals surface area contributed by atoms with Crippen LogP contribution in [0.2, 0.25) is 0 Å². The van der Waals surface area contributed by atoms with Gasteiger partial charge >= 0.3 is 0 Å². The molecule has 4 nitrogen and oxygen atoms in total. The summed E-state index contributed by atoms with van der Waals surface area (Å²) in [5, 5.41) is 16.5. The fourth-order valence-corrected chi connectivity index (χ4v) is 3.41. The lowest BCUT2D eigenvalue weighted by molar-refractivity contribution is 0.142. The van der Waals surface area contributed by atoms with Gasteiger partial charge in [-0.25, -0.2) is 0 Å². The average Bonchev–Trinajstić information content (AvgIpc) is 3.05. The molecule has 0 unspecified atom stereocenters. The lowest BCUT2D eigenvalue weighted by Crippen LogP contribution is -2.40. The Kier molecular flexibility index (Phi) is 5.11. The fraction of sp³-hybridized carbons (Fsp3) is 0.500. The summed E-state index contributed by atoms with van der Waals surface area (Å²) in [5.74, 6) is 0.373. The van der Waals surface area contributed by atoms with Gasteiger partial charge in [0.25, 0.3) is 0 Å². The minimum Gasteiger partial charge on any atom is -0.508 e. The minimum atomic E-state index is 0.373. The van der Waals surface area contributed by atoms with Crippen LogP contribution >= 0.6 is 0 Å². The monoisotopic (exact) mass is 299 g/mol. The molecule has 4 heteroatoms. The van der Waals surface area contributed by atoms with Gasteiger partial charge in [0.15, 0.2) is 0 Å². The Labute approximate surface area is 132 Å². The quantitative estimate of drug-likeness (QED) is 0.861. The van der Waals surface area contributed by atoms with E-state index in [0.717, 1.165) is 19.4 Å². The largest absolute Gasteiger partial charge is 0.508 e. The molecule has 1 aliphatic heterocycles. The molecule has 1 aliphatic rings. The molecule has 1 aromatic carbocycles. The summed E-state index contributed by atoms with van der Waals surface area (Å²) in [4.78, 5) is 2.64. The number of phenolic OH excluding ortho intramolecular Hbond substituents is 1. The van der Waals surface area contributed by atoms with E-state index in [9.17, 15) is 5.11 Å². The lowest BCUT2D eigenvalue weighted by Gasteiger charge is -2.36. The van der Waals surface area contributed by atoms with Gasteiger partial charge in [0.05, 0.1) is 6.20 Å². The van der Waals surface area contributed by atoms with Crippen molar-refractivity contribution < 1.29 is 5.11 Å². The van der Waals surface area contributed by atoms with Crippen LogP contribution in [0.15, 0.2) is 36.7 Å². The smallest absolute Gasteiger partial charge is 0.115 e. The predicted molar refractivity (Wildman–Crippen MR) is 87.9 cm³/mol. The normalized spacial score (nSPS) is 19.4. The molecule has 3 rings (SSSR count). The summed E-state index contributed by atoms with van der Waals surface area (Å²) in [6.07, 6.45) is 11.2. The molecule has 0 radical (unpaired) electrons. The molecule has 0 bridgehead atoms. The summed E-state index contributed by atoms with van der Waals surface area (Å²) < 4.78 is 0. The standard InChI is InChI=1S/C18H25N3O/c22-18-6-3-4-15(12-18)7-8-17-5-1-2-10-21(17)11-9-16-13-19-20-14-16/h3-4,6,12-14,17,22H,1-2,5,7-11H2,(H,19,20)/t17-/m1/s1. The number of piperidine rings is 1. The van der Waals surface area contributed by atoms with Crippen LogP contribution in [0.4, 0.5) is 0 Å². The van der Waals surface area contributed by atoms with Gasteiger partial charge in [0, 0.05) is 18.8 Å². The average molecular weight is 299 g/mol. The van der Waals surface area contributed by atoms with Crippen LogP contribution in [0, 0.1) is 0 Å². The summed E-state index contributed by atoms with van der Waals surface area (Å²) in [7, 11) is 0. The van der Waals surface area contributed by atoms with Crippen molar-refractivity contribution >= 4 is 0 Å². The Morgan fingerprint density at radius 2 is 2.18 bits per heavy atom. The third-order valence-electron chi connectivity index (χ3n) is 4.67. The number of aryl methyl sites for hydroxylation is 1. The summed E-state index contributed by atoms with van der Waals surface area (Å²) in [6, 6.07) is 8.34. The number of hydrogen-bond acceptors (Lipinski definition) is 3. The molecular formula is C18H25N3O. The van der Waals surface area contributed by atoms with E-state index in [0.29, 0.717) is 11.8 Å². The van der Waals surface area contributed by atoms with Gasteiger partial charge in [0.1, 0.15) is 5.75 Å². The number of aromatic amines is 1. The summed E-state index contributed by atoms with van der Waals surface area (Å²) >= 11 is 0. The minimum absolute atomic E-state index is 0.373. The Bertz CT molecular complexity index is 567. The highest BCUT2D eigenvalue weighted by Crippen LogP contribution is 2.22. The van der Waals surface area contributed by atoms with Crippen LogP contribution < -0.4 is 0 Å². The van der Waals surface area contributed by atoms with Crippen molar-refractivity contribution in [2.24, 2.45) is 0 Å². The van der Waals surface area contributed by atoms with Gasteiger partial charge in [0.2, 0.25) is 0 Å². The summed E-state index contributed by atoms with van der Waals surface area (Å²) in [5.41, 5.74) is 2.53. The number of benzene rings is 1. The maximum atomic E-state index is 9.57. The Balaban J connectivity index is 1.53. The second-order valence-corrected chi connectivity index (χ2v) is 6.25. The highest BCUT2D eigenvalue weighted by molar-refractivity contribution is 5.27. The predicted octanol–water partition coefficient (Wildman–Crippen LogP) is 3.15. The highest BCUT2D eigenvalue weighted by Gasteiger charge is 2.21. The van der Waals surface area contributed by atoms with Crippen LogP contribution in [-0.2, 0) is 12.8 Å². The van der Waals surface area contributed by atoms with Crippen molar-refractivity contribution in [2.45, 2.75) is 44.6 Å². The van der Waals surface area contributed by atoms with Gasteiger partial charge in [-0.2, -0.15) is 5.10 Å². The molecule has 0 spiro atoms. The summed E-state index contributed by atoms with van der Waals surface area (Å²) in [6.45, 7) is 2.33. The molecule has 0 saturated carbocycles. The number of likely N-dealkylation sites (tertiary alicyclic amines) is 1. The van der Waals surface area contributed by atoms with E-state index in [1.807, 2.05) is 24.5 Å². The first-order valence-electron chi connectivity index (χ1n) is 8.31. The van der Waals surface area contributed by atoms with Crippen LogP contribution in [0.3, 0.4) is 0 Å². The third kappa shape index (κ3) is 4.10. The number of hydrogen-bond donors (Lipinski definition) is 2. The van der Waals surface area contributed by atoms with E-state index in [4.69, 9.17) is 0 Å². The van der Waals surface area contributed by atoms with Crippen molar-refractivity contribution in [2.75, 3.05) is 13.1 Å². The van der Waals surface area contributed by atoms with Gasteiger partial charge in [-0.1, -0.05) is 18.6 Å². The van der Waals surface area contributed by atoms with Crippen molar-refractivity contribution in [1.82, 2.24) is 15.1 Å². The zero-order chi connectivity index (χ0) is 15.2. The molecule has 22 heavy (non-hydrogen) atoms. The van der Waals surface area contributed by atoms with E-state index < -0.39 is 0 Å². The maximum absolute atomic E-state index is 9.57. The van der Waals surface area contributed by atoms with Crippen LogP contribution in [-0.4, -0.2) is 39.3 Å². The van der Waals surface area contributed by atoms with Crippen molar-refractivity contribution in [1.29, 1.82) is 0 Å². The van der Waals surface area contributed by atoms with Gasteiger partial charge in [-0.3, -0.25) is 5.10 Å². The van der Waals surface area contributed by atoms with Crippen LogP contribution in [0.25, 0.3) is 0 Å². The number of aromatic hydroxyl groups is 1. The lowest BCUT2D eigenvalue weighted by atomic mass is 9.95. The molecule has 0 aliphatic carbocycles. The number of nitrogens with one attached hydrogen (secondary N) is 1. The maximum Gasteiger partial charge on any atom is 0.115 e. The van der Waals surface area contributed by atoms with E-state index in [2.05, 4.69) is 21.2 Å². The first-order chi connectivity index (χ1) is 10.8. The van der Waals surface area contributed by atoms with Crippen LogP contribution in [0.5, 0.6) is 5.75 Å². The Morgan fingerprint density at radius 1 is 1.23 bits per heavy atom. The van der Waals surface area contributed by atoms with E-state index in [1.54, 1.807) is 6.07 Å². The number of phenols is 1. The second kappa shape index (κ2) is 7.45.